The van der Waals surface area contributed by atoms with Gasteiger partial charge in [0.1, 0.15) is 0 Å². The number of hydrogen-bond acceptors (Lipinski definition) is 2. The standard InChI is InChI=1S/C5H8N2/c1-2-6-4-5-7-3-1/h2-3H,1,4-5H2. The molecule has 0 atom stereocenters. The molecule has 0 fully saturated rings. The molecule has 1 heterocycles. The van der Waals surface area contributed by atoms with Crippen LogP contribution in [0.2, 0.25) is 0 Å². The Morgan fingerprint density at radius 2 is 1.57 bits per heavy atom. The first kappa shape index (κ1) is 4.50. The monoisotopic (exact) mass is 96.1 g/mol. The maximum atomic E-state index is 4.02. The van der Waals surface area contributed by atoms with Crippen LogP contribution in [0.25, 0.3) is 0 Å². The summed E-state index contributed by atoms with van der Waals surface area (Å²) in [5.41, 5.74) is 0. The van der Waals surface area contributed by atoms with Crippen molar-refractivity contribution in [1.29, 1.82) is 0 Å². The average molecular weight is 96.1 g/mol. The van der Waals surface area contributed by atoms with E-state index in [0.717, 1.165) is 19.5 Å². The Hall–Kier alpha value is -0.660. The summed E-state index contributed by atoms with van der Waals surface area (Å²) in [6, 6.07) is 0. The topological polar surface area (TPSA) is 24.7 Å². The van der Waals surface area contributed by atoms with Gasteiger partial charge in [0, 0.05) is 18.9 Å². The van der Waals surface area contributed by atoms with Crippen LogP contribution in [-0.4, -0.2) is 25.5 Å². The van der Waals surface area contributed by atoms with Crippen molar-refractivity contribution in [1.82, 2.24) is 0 Å². The first-order chi connectivity index (χ1) is 3.50. The predicted molar refractivity (Wildman–Crippen MR) is 31.3 cm³/mol. The molecule has 0 radical (unpaired) electrons. The summed E-state index contributed by atoms with van der Waals surface area (Å²) in [5.74, 6) is 0. The van der Waals surface area contributed by atoms with Crippen molar-refractivity contribution in [3.05, 3.63) is 0 Å². The van der Waals surface area contributed by atoms with E-state index < -0.39 is 0 Å². The van der Waals surface area contributed by atoms with E-state index in [0.29, 0.717) is 0 Å². The molecule has 0 unspecified atom stereocenters. The van der Waals surface area contributed by atoms with Crippen LogP contribution in [0.5, 0.6) is 0 Å². The van der Waals surface area contributed by atoms with Gasteiger partial charge in [0.25, 0.3) is 0 Å². The summed E-state index contributed by atoms with van der Waals surface area (Å²) in [6.07, 6.45) is 4.72. The highest BCUT2D eigenvalue weighted by atomic mass is 14.8. The van der Waals surface area contributed by atoms with E-state index in [9.17, 15) is 0 Å². The van der Waals surface area contributed by atoms with E-state index in [4.69, 9.17) is 0 Å². The molecule has 1 aliphatic heterocycles. The van der Waals surface area contributed by atoms with Crippen molar-refractivity contribution >= 4 is 12.4 Å². The van der Waals surface area contributed by atoms with Crippen molar-refractivity contribution in [3.8, 4) is 0 Å². The van der Waals surface area contributed by atoms with E-state index in [-0.39, 0.29) is 0 Å². The summed E-state index contributed by atoms with van der Waals surface area (Å²) < 4.78 is 0. The Bertz CT molecular complexity index is 82.3. The molecule has 0 N–H and O–H groups in total. The van der Waals surface area contributed by atoms with E-state index in [1.54, 1.807) is 0 Å². The maximum Gasteiger partial charge on any atom is 0.0581 e. The Labute approximate surface area is 43.0 Å². The molecule has 2 nitrogen and oxygen atoms in total. The molecule has 0 aromatic rings. The minimum atomic E-state index is 0.872. The molecule has 0 bridgehead atoms. The third-order valence-electron chi connectivity index (χ3n) is 0.827. The molecule has 0 aliphatic carbocycles. The normalized spacial score (nSPS) is 19.4. The first-order valence-electron chi connectivity index (χ1n) is 2.47. The molecule has 0 aromatic heterocycles. The lowest BCUT2D eigenvalue weighted by Crippen LogP contribution is -1.80. The molecular weight excluding hydrogens is 88.1 g/mol. The average Bonchev–Trinajstić information content (AvgIpc) is 1.90. The molecule has 0 spiro atoms. The summed E-state index contributed by atoms with van der Waals surface area (Å²) in [7, 11) is 0. The van der Waals surface area contributed by atoms with Gasteiger partial charge in [0.15, 0.2) is 0 Å². The minimum absolute atomic E-state index is 0.872. The van der Waals surface area contributed by atoms with E-state index >= 15 is 0 Å². The fraction of sp³-hybridized carbons (Fsp3) is 0.600. The Balaban J connectivity index is 2.38. The summed E-state index contributed by atoms with van der Waals surface area (Å²) in [6.45, 7) is 1.74. The van der Waals surface area contributed by atoms with Crippen molar-refractivity contribution in [3.63, 3.8) is 0 Å². The highest BCUT2D eigenvalue weighted by Gasteiger charge is 1.80. The molecule has 0 aromatic carbocycles. The molecule has 0 saturated carbocycles. The zero-order valence-corrected chi connectivity index (χ0v) is 4.17. The van der Waals surface area contributed by atoms with Crippen LogP contribution in [-0.2, 0) is 0 Å². The van der Waals surface area contributed by atoms with E-state index in [2.05, 4.69) is 9.98 Å². The van der Waals surface area contributed by atoms with E-state index in [1.807, 2.05) is 12.4 Å². The van der Waals surface area contributed by atoms with Gasteiger partial charge >= 0.3 is 0 Å². The lowest BCUT2D eigenvalue weighted by atomic mass is 10.5. The second-order valence-corrected chi connectivity index (χ2v) is 1.41. The van der Waals surface area contributed by atoms with Crippen LogP contribution in [0.3, 0.4) is 0 Å². The largest absolute Gasteiger partial charge is 0.295 e. The summed E-state index contributed by atoms with van der Waals surface area (Å²) in [4.78, 5) is 8.04. The van der Waals surface area contributed by atoms with Crippen LogP contribution in [0.4, 0.5) is 0 Å². The van der Waals surface area contributed by atoms with Gasteiger partial charge in [0.05, 0.1) is 13.1 Å². The molecular formula is C5H8N2. The number of aliphatic imine (C=N–C) groups is 2. The molecule has 1 aliphatic rings. The number of nitrogens with zero attached hydrogens (tertiary/aromatic N) is 2. The minimum Gasteiger partial charge on any atom is -0.295 e. The predicted octanol–water partition coefficient (Wildman–Crippen LogP) is 0.532. The van der Waals surface area contributed by atoms with Crippen LogP contribution in [0.15, 0.2) is 9.98 Å². The number of hydrogen-bond donors (Lipinski definition) is 0. The second-order valence-electron chi connectivity index (χ2n) is 1.41. The SMILES string of the molecule is C1=NCCN=CC1. The summed E-state index contributed by atoms with van der Waals surface area (Å²) >= 11 is 0. The van der Waals surface area contributed by atoms with Crippen LogP contribution in [0.1, 0.15) is 6.42 Å². The van der Waals surface area contributed by atoms with Gasteiger partial charge in [-0.05, 0) is 0 Å². The Morgan fingerprint density at radius 3 is 2.14 bits per heavy atom. The van der Waals surface area contributed by atoms with Crippen LogP contribution in [0, 0.1) is 0 Å². The highest BCUT2D eigenvalue weighted by molar-refractivity contribution is 5.79. The third-order valence-corrected chi connectivity index (χ3v) is 0.827. The van der Waals surface area contributed by atoms with Gasteiger partial charge in [-0.15, -0.1) is 0 Å². The van der Waals surface area contributed by atoms with Crippen molar-refractivity contribution in [2.24, 2.45) is 9.98 Å². The Kier molecular flexibility index (Phi) is 1.61. The van der Waals surface area contributed by atoms with Crippen LogP contribution >= 0.6 is 0 Å². The fourth-order valence-electron chi connectivity index (χ4n) is 0.494. The van der Waals surface area contributed by atoms with Gasteiger partial charge in [-0.2, -0.15) is 0 Å². The van der Waals surface area contributed by atoms with E-state index in [1.165, 1.54) is 0 Å². The molecule has 38 valence electrons. The van der Waals surface area contributed by atoms with Gasteiger partial charge in [-0.25, -0.2) is 0 Å². The molecule has 0 amide bonds. The number of rotatable bonds is 0. The van der Waals surface area contributed by atoms with Gasteiger partial charge in [-0.3, -0.25) is 9.98 Å². The first-order valence-corrected chi connectivity index (χ1v) is 2.47. The van der Waals surface area contributed by atoms with Crippen molar-refractivity contribution in [2.75, 3.05) is 13.1 Å². The third kappa shape index (κ3) is 1.48. The summed E-state index contributed by atoms with van der Waals surface area (Å²) in [5, 5.41) is 0. The maximum absolute atomic E-state index is 4.02. The Morgan fingerprint density at radius 1 is 1.00 bits per heavy atom. The molecule has 2 heteroatoms. The van der Waals surface area contributed by atoms with Gasteiger partial charge in [0.2, 0.25) is 0 Å². The lowest BCUT2D eigenvalue weighted by Gasteiger charge is -1.77. The second kappa shape index (κ2) is 2.50. The van der Waals surface area contributed by atoms with Gasteiger partial charge in [-0.1, -0.05) is 0 Å². The lowest BCUT2D eigenvalue weighted by molar-refractivity contribution is 0.992. The zero-order valence-electron chi connectivity index (χ0n) is 4.17. The fourth-order valence-corrected chi connectivity index (χ4v) is 0.494. The molecule has 1 rings (SSSR count). The molecule has 0 saturated heterocycles. The smallest absolute Gasteiger partial charge is 0.0581 e. The van der Waals surface area contributed by atoms with Gasteiger partial charge < -0.3 is 0 Å². The molecule has 7 heavy (non-hydrogen) atoms. The quantitative estimate of drug-likeness (QED) is 0.420. The van der Waals surface area contributed by atoms with Crippen LogP contribution < -0.4 is 0 Å². The zero-order chi connectivity index (χ0) is 4.95. The highest BCUT2D eigenvalue weighted by Crippen LogP contribution is 1.79. The van der Waals surface area contributed by atoms with Crippen molar-refractivity contribution < 1.29 is 0 Å². The van der Waals surface area contributed by atoms with Crippen molar-refractivity contribution in [2.45, 2.75) is 6.42 Å².